The molecule has 0 aromatic carbocycles. The number of carbonyl (C=O) groups excluding carboxylic acids is 1. The molecule has 0 saturated carbocycles. The number of ketones is 1. The van der Waals surface area contributed by atoms with Crippen molar-refractivity contribution in [1.29, 1.82) is 0 Å². The monoisotopic (exact) mass is 254 g/mol. The Morgan fingerprint density at radius 2 is 1.94 bits per heavy atom. The van der Waals surface area contributed by atoms with Gasteiger partial charge in [0, 0.05) is 5.41 Å². The van der Waals surface area contributed by atoms with Crippen molar-refractivity contribution in [2.45, 2.75) is 59.7 Å². The zero-order valence-corrected chi connectivity index (χ0v) is 13.1. The van der Waals surface area contributed by atoms with Gasteiger partial charge < -0.3 is 4.43 Å². The van der Waals surface area contributed by atoms with E-state index in [1.165, 1.54) is 0 Å². The predicted molar refractivity (Wildman–Crippen MR) is 74.3 cm³/mol. The fraction of sp³-hybridized carbons (Fsp3) is 0.786. The molecule has 0 saturated heterocycles. The third-order valence-corrected chi connectivity index (χ3v) is 3.71. The van der Waals surface area contributed by atoms with Crippen LogP contribution in [0.1, 0.15) is 40.0 Å². The highest BCUT2D eigenvalue weighted by atomic mass is 28.4. The minimum Gasteiger partial charge on any atom is -0.547 e. The molecular formula is C14H26O2Si. The van der Waals surface area contributed by atoms with Crippen LogP contribution in [0.15, 0.2) is 11.8 Å². The molecule has 1 unspecified atom stereocenters. The van der Waals surface area contributed by atoms with Crippen LogP contribution in [0.5, 0.6) is 0 Å². The topological polar surface area (TPSA) is 26.3 Å². The Balaban J connectivity index is 2.87. The average Bonchev–Trinajstić information content (AvgIpc) is 2.13. The van der Waals surface area contributed by atoms with Crippen molar-refractivity contribution in [3.8, 4) is 0 Å². The van der Waals surface area contributed by atoms with Crippen LogP contribution in [0.4, 0.5) is 0 Å². The molecule has 1 rings (SSSR count). The maximum atomic E-state index is 12.4. The first-order valence-corrected chi connectivity index (χ1v) is 9.95. The molecular weight excluding hydrogens is 228 g/mol. The summed E-state index contributed by atoms with van der Waals surface area (Å²) >= 11 is 0. The molecule has 2 nitrogen and oxygen atoms in total. The summed E-state index contributed by atoms with van der Waals surface area (Å²) < 4.78 is 6.09. The second-order valence-electron chi connectivity index (χ2n) is 6.92. The van der Waals surface area contributed by atoms with Crippen molar-refractivity contribution in [2.75, 3.05) is 0 Å². The van der Waals surface area contributed by atoms with E-state index in [1.807, 2.05) is 20.8 Å². The first-order chi connectivity index (χ1) is 7.61. The first-order valence-electron chi connectivity index (χ1n) is 6.54. The van der Waals surface area contributed by atoms with Crippen LogP contribution in [-0.2, 0) is 9.22 Å². The predicted octanol–water partition coefficient (Wildman–Crippen LogP) is 4.14. The van der Waals surface area contributed by atoms with E-state index < -0.39 is 8.32 Å². The summed E-state index contributed by atoms with van der Waals surface area (Å²) in [6, 6.07) is 0. The molecule has 0 bridgehead atoms. The molecule has 1 aliphatic rings. The maximum absolute atomic E-state index is 12.4. The molecule has 0 aromatic heterocycles. The third kappa shape index (κ3) is 4.30. The lowest BCUT2D eigenvalue weighted by Crippen LogP contribution is -2.35. The lowest BCUT2D eigenvalue weighted by Gasteiger charge is -2.32. The van der Waals surface area contributed by atoms with E-state index >= 15 is 0 Å². The summed E-state index contributed by atoms with van der Waals surface area (Å²) in [6.45, 7) is 12.5. The van der Waals surface area contributed by atoms with Crippen molar-refractivity contribution >= 4 is 14.1 Å². The van der Waals surface area contributed by atoms with E-state index in [-0.39, 0.29) is 11.3 Å². The molecule has 0 amide bonds. The highest BCUT2D eigenvalue weighted by Crippen LogP contribution is 2.34. The minimum atomic E-state index is -1.61. The van der Waals surface area contributed by atoms with Crippen LogP contribution in [0, 0.1) is 11.3 Å². The summed E-state index contributed by atoms with van der Waals surface area (Å²) in [5.74, 6) is 1.27. The molecule has 0 aliphatic heterocycles. The third-order valence-electron chi connectivity index (χ3n) is 2.87. The number of carbonyl (C=O) groups is 1. The standard InChI is InChI=1S/C14H26O2Si/c1-14(2,3)13(15)11-9-7-8-10-12(11)16-17(4,5)6/h10-11H,7-9H2,1-6H3. The van der Waals surface area contributed by atoms with Crippen molar-refractivity contribution < 1.29 is 9.22 Å². The molecule has 98 valence electrons. The van der Waals surface area contributed by atoms with Crippen LogP contribution in [0.2, 0.25) is 19.6 Å². The zero-order valence-electron chi connectivity index (χ0n) is 12.1. The zero-order chi connectivity index (χ0) is 13.3. The van der Waals surface area contributed by atoms with Gasteiger partial charge in [0.05, 0.1) is 11.7 Å². The van der Waals surface area contributed by atoms with Crippen LogP contribution in [0.3, 0.4) is 0 Å². The van der Waals surface area contributed by atoms with Gasteiger partial charge >= 0.3 is 0 Å². The van der Waals surface area contributed by atoms with Gasteiger partial charge in [0.1, 0.15) is 5.78 Å². The maximum Gasteiger partial charge on any atom is 0.241 e. The van der Waals surface area contributed by atoms with Crippen LogP contribution < -0.4 is 0 Å². The van der Waals surface area contributed by atoms with Gasteiger partial charge in [0.2, 0.25) is 8.32 Å². The Kier molecular flexibility index (Phi) is 4.23. The largest absolute Gasteiger partial charge is 0.547 e. The summed E-state index contributed by atoms with van der Waals surface area (Å²) in [7, 11) is -1.61. The minimum absolute atomic E-state index is 0.00419. The van der Waals surface area contributed by atoms with Gasteiger partial charge in [0.15, 0.2) is 0 Å². The van der Waals surface area contributed by atoms with Gasteiger partial charge in [-0.25, -0.2) is 0 Å². The Morgan fingerprint density at radius 1 is 1.35 bits per heavy atom. The molecule has 0 N–H and O–H groups in total. The van der Waals surface area contributed by atoms with Crippen LogP contribution in [0.25, 0.3) is 0 Å². The molecule has 0 heterocycles. The molecule has 3 heteroatoms. The van der Waals surface area contributed by atoms with Gasteiger partial charge in [-0.05, 0) is 45.0 Å². The molecule has 17 heavy (non-hydrogen) atoms. The second kappa shape index (κ2) is 4.97. The molecule has 1 atom stereocenters. The molecule has 0 spiro atoms. The van der Waals surface area contributed by atoms with E-state index in [0.29, 0.717) is 5.78 Å². The van der Waals surface area contributed by atoms with Gasteiger partial charge in [0.25, 0.3) is 0 Å². The van der Waals surface area contributed by atoms with Gasteiger partial charge in [-0.2, -0.15) is 0 Å². The number of allylic oxidation sites excluding steroid dienone is 2. The number of hydrogen-bond donors (Lipinski definition) is 0. The van der Waals surface area contributed by atoms with Crippen LogP contribution in [-0.4, -0.2) is 14.1 Å². The average molecular weight is 254 g/mol. The Bertz CT molecular complexity index is 318. The SMILES string of the molecule is CC(C)(C)C(=O)C1CCCC=C1O[Si](C)(C)C. The van der Waals surface area contributed by atoms with E-state index in [4.69, 9.17) is 4.43 Å². The quantitative estimate of drug-likeness (QED) is 0.708. The van der Waals surface area contributed by atoms with E-state index in [9.17, 15) is 4.79 Å². The van der Waals surface area contributed by atoms with E-state index in [2.05, 4.69) is 25.7 Å². The van der Waals surface area contributed by atoms with Gasteiger partial charge in [-0.15, -0.1) is 0 Å². The van der Waals surface area contributed by atoms with Crippen molar-refractivity contribution in [1.82, 2.24) is 0 Å². The molecule has 0 fully saturated rings. The summed E-state index contributed by atoms with van der Waals surface area (Å²) in [6.07, 6.45) is 5.24. The fourth-order valence-electron chi connectivity index (χ4n) is 2.10. The smallest absolute Gasteiger partial charge is 0.241 e. The van der Waals surface area contributed by atoms with Crippen molar-refractivity contribution in [3.05, 3.63) is 11.8 Å². The second-order valence-corrected chi connectivity index (χ2v) is 11.3. The Labute approximate surface area is 107 Å². The summed E-state index contributed by atoms with van der Waals surface area (Å²) in [4.78, 5) is 12.4. The van der Waals surface area contributed by atoms with Gasteiger partial charge in [-0.1, -0.05) is 20.8 Å². The first kappa shape index (κ1) is 14.5. The van der Waals surface area contributed by atoms with E-state index in [0.717, 1.165) is 25.0 Å². The fourth-order valence-corrected chi connectivity index (χ4v) is 3.03. The van der Waals surface area contributed by atoms with E-state index in [1.54, 1.807) is 0 Å². The highest BCUT2D eigenvalue weighted by molar-refractivity contribution is 6.70. The molecule has 1 aliphatic carbocycles. The van der Waals surface area contributed by atoms with Crippen LogP contribution >= 0.6 is 0 Å². The number of rotatable bonds is 3. The number of hydrogen-bond acceptors (Lipinski definition) is 2. The molecule has 0 aromatic rings. The normalized spacial score (nSPS) is 22.0. The summed E-state index contributed by atoms with van der Waals surface area (Å²) in [5.41, 5.74) is -0.274. The highest BCUT2D eigenvalue weighted by Gasteiger charge is 2.35. The van der Waals surface area contributed by atoms with Crippen molar-refractivity contribution in [2.24, 2.45) is 11.3 Å². The Morgan fingerprint density at radius 3 is 2.41 bits per heavy atom. The lowest BCUT2D eigenvalue weighted by atomic mass is 9.78. The lowest BCUT2D eigenvalue weighted by molar-refractivity contribution is -0.130. The van der Waals surface area contributed by atoms with Gasteiger partial charge in [-0.3, -0.25) is 4.79 Å². The molecule has 0 radical (unpaired) electrons. The van der Waals surface area contributed by atoms with Crippen molar-refractivity contribution in [3.63, 3.8) is 0 Å². The Hall–Kier alpha value is -0.573. The number of Topliss-reactive ketones (excluding diaryl/α,β-unsaturated/α-hetero) is 1. The summed E-state index contributed by atoms with van der Waals surface area (Å²) in [5, 5.41) is 0.